The molecule has 10 heteroatoms. The summed E-state index contributed by atoms with van der Waals surface area (Å²) in [7, 11) is 5.54. The molecular weight excluding hydrogens is 474 g/mol. The fourth-order valence-electron chi connectivity index (χ4n) is 5.47. The van der Waals surface area contributed by atoms with Crippen molar-refractivity contribution in [3.8, 4) is 0 Å². The van der Waals surface area contributed by atoms with E-state index in [0.717, 1.165) is 25.8 Å². The Morgan fingerprint density at radius 2 is 1.62 bits per heavy atom. The van der Waals surface area contributed by atoms with Gasteiger partial charge in [-0.1, -0.05) is 41.0 Å². The Morgan fingerprint density at radius 3 is 2.16 bits per heavy atom. The van der Waals surface area contributed by atoms with Crippen LogP contribution in [0.2, 0.25) is 0 Å². The fraction of sp³-hybridized carbons (Fsp3) is 0.852. The lowest BCUT2D eigenvalue weighted by Gasteiger charge is -2.40. The molecule has 0 aliphatic carbocycles. The van der Waals surface area contributed by atoms with E-state index in [1.54, 1.807) is 11.9 Å². The van der Waals surface area contributed by atoms with Crippen LogP contribution in [0.15, 0.2) is 0 Å². The van der Waals surface area contributed by atoms with Crippen LogP contribution >= 0.6 is 0 Å². The van der Waals surface area contributed by atoms with Gasteiger partial charge in [-0.05, 0) is 57.7 Å². The minimum Gasteiger partial charge on any atom is -0.480 e. The van der Waals surface area contributed by atoms with Gasteiger partial charge in [0, 0.05) is 26.2 Å². The number of likely N-dealkylation sites (N-methyl/N-ethyl adjacent to an activating group) is 3. The third-order valence-corrected chi connectivity index (χ3v) is 7.85. The first kappa shape index (κ1) is 31.0. The molecule has 2 unspecified atom stereocenters. The number of carboxylic acid groups (broad SMARTS) is 1. The zero-order valence-electron chi connectivity index (χ0n) is 24.1. The first-order valence-corrected chi connectivity index (χ1v) is 13.6. The molecule has 2 fully saturated rings. The predicted octanol–water partition coefficient (Wildman–Crippen LogP) is 1.49. The zero-order chi connectivity index (χ0) is 28.1. The highest BCUT2D eigenvalue weighted by atomic mass is 16.4. The van der Waals surface area contributed by atoms with E-state index in [9.17, 15) is 24.3 Å². The topological polar surface area (TPSA) is 113 Å². The van der Waals surface area contributed by atoms with E-state index in [-0.39, 0.29) is 42.3 Å². The van der Waals surface area contributed by atoms with E-state index in [2.05, 4.69) is 10.2 Å². The van der Waals surface area contributed by atoms with Crippen LogP contribution in [0.3, 0.4) is 0 Å². The van der Waals surface area contributed by atoms with E-state index >= 15 is 0 Å². The van der Waals surface area contributed by atoms with Crippen LogP contribution in [0, 0.1) is 11.3 Å². The summed E-state index contributed by atoms with van der Waals surface area (Å²) in [4.78, 5) is 58.4. The molecule has 0 saturated carbocycles. The maximum absolute atomic E-state index is 13.8. The van der Waals surface area contributed by atoms with Crippen molar-refractivity contribution in [2.24, 2.45) is 11.3 Å². The molecular formula is C27H49N5O5. The number of amides is 3. The van der Waals surface area contributed by atoms with Gasteiger partial charge >= 0.3 is 5.97 Å². The number of hydrogen-bond acceptors (Lipinski definition) is 6. The maximum atomic E-state index is 13.8. The molecule has 2 heterocycles. The van der Waals surface area contributed by atoms with Crippen LogP contribution < -0.4 is 5.32 Å². The number of carboxylic acids is 1. The molecule has 2 aliphatic heterocycles. The summed E-state index contributed by atoms with van der Waals surface area (Å²) in [6, 6.07) is -1.87. The van der Waals surface area contributed by atoms with Crippen LogP contribution in [0.1, 0.15) is 66.7 Å². The largest absolute Gasteiger partial charge is 0.480 e. The minimum absolute atomic E-state index is 0.0858. The summed E-state index contributed by atoms with van der Waals surface area (Å²) in [6.07, 6.45) is 4.03. The van der Waals surface area contributed by atoms with E-state index in [1.165, 1.54) is 4.90 Å². The van der Waals surface area contributed by atoms with Gasteiger partial charge in [0.25, 0.3) is 0 Å². The van der Waals surface area contributed by atoms with Gasteiger partial charge in [-0.3, -0.25) is 24.2 Å². The van der Waals surface area contributed by atoms with Gasteiger partial charge in [0.2, 0.25) is 17.7 Å². The molecule has 3 amide bonds. The number of carbonyl (C=O) groups excluding carboxylic acids is 3. The number of piperidine rings is 1. The maximum Gasteiger partial charge on any atom is 0.326 e. The van der Waals surface area contributed by atoms with Gasteiger partial charge in [-0.2, -0.15) is 0 Å². The molecule has 2 saturated heterocycles. The fourth-order valence-corrected chi connectivity index (χ4v) is 5.47. The Kier molecular flexibility index (Phi) is 10.9. The lowest BCUT2D eigenvalue weighted by atomic mass is 9.84. The molecule has 0 radical (unpaired) electrons. The van der Waals surface area contributed by atoms with Crippen molar-refractivity contribution in [3.63, 3.8) is 0 Å². The molecule has 212 valence electrons. The number of carbonyl (C=O) groups is 4. The number of hydrogen-bond donors (Lipinski definition) is 2. The monoisotopic (exact) mass is 523 g/mol. The molecule has 2 N–H and O–H groups in total. The van der Waals surface area contributed by atoms with Gasteiger partial charge in [0.1, 0.15) is 12.1 Å². The Hall–Kier alpha value is -2.20. The molecule has 2 rings (SSSR count). The average Bonchev–Trinajstić information content (AvgIpc) is 3.30. The second-order valence-electron chi connectivity index (χ2n) is 12.3. The zero-order valence-corrected chi connectivity index (χ0v) is 24.1. The predicted molar refractivity (Wildman–Crippen MR) is 143 cm³/mol. The number of nitrogens with one attached hydrogen (secondary N) is 1. The molecule has 4 atom stereocenters. The van der Waals surface area contributed by atoms with Gasteiger partial charge < -0.3 is 20.2 Å². The summed E-state index contributed by atoms with van der Waals surface area (Å²) >= 11 is 0. The van der Waals surface area contributed by atoms with E-state index in [1.807, 2.05) is 53.6 Å². The molecule has 0 spiro atoms. The highest BCUT2D eigenvalue weighted by Crippen LogP contribution is 2.25. The van der Waals surface area contributed by atoms with Gasteiger partial charge in [-0.25, -0.2) is 4.79 Å². The van der Waals surface area contributed by atoms with Gasteiger partial charge in [0.05, 0.1) is 12.6 Å². The van der Waals surface area contributed by atoms with Crippen molar-refractivity contribution in [3.05, 3.63) is 0 Å². The lowest BCUT2D eigenvalue weighted by molar-refractivity contribution is -0.148. The molecule has 0 aromatic carbocycles. The third kappa shape index (κ3) is 8.14. The smallest absolute Gasteiger partial charge is 0.326 e. The quantitative estimate of drug-likeness (QED) is 0.446. The van der Waals surface area contributed by atoms with Crippen molar-refractivity contribution >= 4 is 23.7 Å². The van der Waals surface area contributed by atoms with Crippen LogP contribution in [0.25, 0.3) is 0 Å². The first-order valence-electron chi connectivity index (χ1n) is 13.6. The SMILES string of the molecule is CC(C)[C@@H](CN(C)CC(=O)N1CCC[C@H]1C(=O)O)N(C)C(=O)C(NC(=O)C1CCCCN1C)C(C)(C)C. The second kappa shape index (κ2) is 13.0. The number of rotatable bonds is 10. The van der Waals surface area contributed by atoms with Crippen molar-refractivity contribution in [2.45, 2.75) is 90.9 Å². The highest BCUT2D eigenvalue weighted by Gasteiger charge is 2.40. The average molecular weight is 524 g/mol. The van der Waals surface area contributed by atoms with Crippen LogP contribution in [0.4, 0.5) is 0 Å². The Balaban J connectivity index is 2.10. The van der Waals surface area contributed by atoms with Crippen LogP contribution in [-0.2, 0) is 19.2 Å². The number of aliphatic carboxylic acids is 1. The van der Waals surface area contributed by atoms with Crippen molar-refractivity contribution in [1.82, 2.24) is 24.9 Å². The molecule has 0 aromatic rings. The Bertz CT molecular complexity index is 826. The molecule has 0 aromatic heterocycles. The molecule has 2 aliphatic rings. The molecule has 0 bridgehead atoms. The summed E-state index contributed by atoms with van der Waals surface area (Å²) < 4.78 is 0. The summed E-state index contributed by atoms with van der Waals surface area (Å²) in [6.45, 7) is 11.8. The number of nitrogens with zero attached hydrogens (tertiary/aromatic N) is 4. The van der Waals surface area contributed by atoms with Gasteiger partial charge in [-0.15, -0.1) is 0 Å². The summed E-state index contributed by atoms with van der Waals surface area (Å²) in [5.41, 5.74) is -0.487. The van der Waals surface area contributed by atoms with Gasteiger partial charge in [0.15, 0.2) is 0 Å². The van der Waals surface area contributed by atoms with E-state index in [4.69, 9.17) is 0 Å². The molecule has 37 heavy (non-hydrogen) atoms. The van der Waals surface area contributed by atoms with Crippen molar-refractivity contribution in [2.75, 3.05) is 47.3 Å². The minimum atomic E-state index is -0.964. The first-order chi connectivity index (χ1) is 17.1. The lowest BCUT2D eigenvalue weighted by Crippen LogP contribution is -2.60. The van der Waals surface area contributed by atoms with Crippen LogP contribution in [-0.4, -0.2) is 120 Å². The van der Waals surface area contributed by atoms with E-state index < -0.39 is 23.5 Å². The summed E-state index contributed by atoms with van der Waals surface area (Å²) in [5, 5.41) is 12.5. The second-order valence-corrected chi connectivity index (χ2v) is 12.3. The normalized spacial score (nSPS) is 22.7. The number of likely N-dealkylation sites (tertiary alicyclic amines) is 2. The summed E-state index contributed by atoms with van der Waals surface area (Å²) in [5.74, 6) is -1.32. The molecule has 10 nitrogen and oxygen atoms in total. The standard InChI is InChI=1S/C27H49N5O5/c1-18(2)21(16-29(6)17-22(33)32-15-11-13-20(32)26(36)37)31(8)25(35)23(27(3,4)5)28-24(34)19-12-9-10-14-30(19)7/h18-21,23H,9-17H2,1-8H3,(H,28,34)(H,36,37)/t19?,20-,21+,23?/m0/s1. The van der Waals surface area contributed by atoms with Crippen molar-refractivity contribution in [1.29, 1.82) is 0 Å². The van der Waals surface area contributed by atoms with E-state index in [0.29, 0.717) is 25.9 Å². The highest BCUT2D eigenvalue weighted by molar-refractivity contribution is 5.90. The third-order valence-electron chi connectivity index (χ3n) is 7.85. The Labute approximate surface area is 222 Å². The Morgan fingerprint density at radius 1 is 1.00 bits per heavy atom. The van der Waals surface area contributed by atoms with Crippen LogP contribution in [0.5, 0.6) is 0 Å². The van der Waals surface area contributed by atoms with Crippen molar-refractivity contribution < 1.29 is 24.3 Å².